The fraction of sp³-hybridized carbons (Fsp3) is 0.526. The molecule has 1 aliphatic heterocycles. The second kappa shape index (κ2) is 5.72. The summed E-state index contributed by atoms with van der Waals surface area (Å²) in [5, 5.41) is 8.48. The summed E-state index contributed by atoms with van der Waals surface area (Å²) in [5.74, 6) is 2.77. The second-order valence-corrected chi connectivity index (χ2v) is 7.09. The molecule has 2 aliphatic rings. The average Bonchev–Trinajstić information content (AvgIpc) is 3.28. The maximum absolute atomic E-state index is 12.9. The van der Waals surface area contributed by atoms with Crippen LogP contribution in [0.2, 0.25) is 0 Å². The molecule has 1 saturated carbocycles. The first kappa shape index (κ1) is 15.4. The van der Waals surface area contributed by atoms with E-state index in [0.29, 0.717) is 12.5 Å². The molecule has 0 saturated heterocycles. The van der Waals surface area contributed by atoms with Crippen LogP contribution < -0.4 is 0 Å². The number of amides is 1. The van der Waals surface area contributed by atoms with Gasteiger partial charge in [-0.15, -0.1) is 10.2 Å². The minimum absolute atomic E-state index is 0.146. The molecule has 1 amide bonds. The molecule has 126 valence electrons. The van der Waals surface area contributed by atoms with E-state index < -0.39 is 0 Å². The lowest BCUT2D eigenvalue weighted by Gasteiger charge is -2.28. The summed E-state index contributed by atoms with van der Waals surface area (Å²) in [6.45, 7) is 8.55. The van der Waals surface area contributed by atoms with Crippen LogP contribution in [-0.4, -0.2) is 32.1 Å². The van der Waals surface area contributed by atoms with Gasteiger partial charge in [-0.05, 0) is 42.9 Å². The van der Waals surface area contributed by atoms with Crippen LogP contribution >= 0.6 is 0 Å². The maximum atomic E-state index is 12.9. The number of fused-ring (bicyclic) bond motifs is 1. The van der Waals surface area contributed by atoms with Crippen LogP contribution in [0.15, 0.2) is 18.2 Å². The Labute approximate surface area is 142 Å². The van der Waals surface area contributed by atoms with Gasteiger partial charge in [0, 0.05) is 25.4 Å². The first-order chi connectivity index (χ1) is 11.6. The maximum Gasteiger partial charge on any atom is 0.226 e. The monoisotopic (exact) mass is 324 g/mol. The molecule has 2 aromatic rings. The number of benzene rings is 1. The van der Waals surface area contributed by atoms with Crippen molar-refractivity contribution in [1.29, 1.82) is 0 Å². The van der Waals surface area contributed by atoms with E-state index in [1.54, 1.807) is 0 Å². The highest BCUT2D eigenvalue weighted by Crippen LogP contribution is 2.49. The van der Waals surface area contributed by atoms with Crippen molar-refractivity contribution in [3.8, 4) is 0 Å². The number of carbonyl (C=O) groups is 1. The van der Waals surface area contributed by atoms with Crippen molar-refractivity contribution >= 4 is 5.91 Å². The van der Waals surface area contributed by atoms with Gasteiger partial charge in [-0.3, -0.25) is 4.79 Å². The molecule has 2 atom stereocenters. The molecule has 2 heterocycles. The van der Waals surface area contributed by atoms with Crippen LogP contribution in [0.5, 0.6) is 0 Å². The molecule has 1 aromatic carbocycles. The van der Waals surface area contributed by atoms with Gasteiger partial charge in [-0.25, -0.2) is 0 Å². The summed E-state index contributed by atoms with van der Waals surface area (Å²) in [7, 11) is 0. The molecule has 0 unspecified atom stereocenters. The number of carbonyl (C=O) groups excluding carboxylic acids is 1. The van der Waals surface area contributed by atoms with Crippen LogP contribution in [0.4, 0.5) is 0 Å². The van der Waals surface area contributed by atoms with Gasteiger partial charge < -0.3 is 9.47 Å². The Balaban J connectivity index is 1.45. The molecule has 1 aromatic heterocycles. The topological polar surface area (TPSA) is 51.0 Å². The summed E-state index contributed by atoms with van der Waals surface area (Å²) in [6, 6.07) is 6.59. The van der Waals surface area contributed by atoms with Crippen molar-refractivity contribution in [2.75, 3.05) is 6.54 Å². The minimum Gasteiger partial charge on any atom is -0.333 e. The Kier molecular flexibility index (Phi) is 3.66. The Morgan fingerprint density at radius 2 is 2.04 bits per heavy atom. The number of hydrogen-bond donors (Lipinski definition) is 0. The zero-order chi connectivity index (χ0) is 16.8. The predicted octanol–water partition coefficient (Wildman–Crippen LogP) is 2.60. The fourth-order valence-electron chi connectivity index (χ4n) is 3.73. The van der Waals surface area contributed by atoms with Crippen molar-refractivity contribution in [2.24, 2.45) is 5.92 Å². The van der Waals surface area contributed by atoms with Gasteiger partial charge in [0.25, 0.3) is 0 Å². The van der Waals surface area contributed by atoms with E-state index in [9.17, 15) is 4.79 Å². The van der Waals surface area contributed by atoms with Crippen LogP contribution in [0.3, 0.4) is 0 Å². The highest BCUT2D eigenvalue weighted by atomic mass is 16.2. The molecular weight excluding hydrogens is 300 g/mol. The lowest BCUT2D eigenvalue weighted by molar-refractivity contribution is -0.134. The van der Waals surface area contributed by atoms with Crippen LogP contribution in [-0.2, 0) is 24.3 Å². The quantitative estimate of drug-likeness (QED) is 0.872. The molecule has 4 rings (SSSR count). The first-order valence-electron chi connectivity index (χ1n) is 8.85. The Morgan fingerprint density at radius 1 is 1.21 bits per heavy atom. The van der Waals surface area contributed by atoms with Crippen molar-refractivity contribution in [1.82, 2.24) is 19.7 Å². The second-order valence-electron chi connectivity index (χ2n) is 7.09. The summed E-state index contributed by atoms with van der Waals surface area (Å²) in [4.78, 5) is 14.8. The van der Waals surface area contributed by atoms with E-state index in [1.165, 1.54) is 16.7 Å². The third-order valence-electron chi connectivity index (χ3n) is 5.52. The average molecular weight is 324 g/mol. The standard InChI is InChI=1S/C19H24N4O/c1-4-17-20-21-18-11-22(7-8-23(17)18)19(24)16-10-15(16)14-6-5-12(2)13(3)9-14/h5-6,9,15-16H,4,7-8,10-11H2,1-3H3/t15-,16+/m0/s1. The van der Waals surface area contributed by atoms with E-state index in [1.807, 2.05) is 4.90 Å². The highest BCUT2D eigenvalue weighted by molar-refractivity contribution is 5.83. The SMILES string of the molecule is CCc1nnc2n1CCN(C(=O)[C@@H]1C[C@H]1c1ccc(C)c(C)c1)C2. The molecule has 24 heavy (non-hydrogen) atoms. The largest absolute Gasteiger partial charge is 0.333 e. The molecule has 0 bridgehead atoms. The molecule has 0 radical (unpaired) electrons. The molecule has 0 spiro atoms. The van der Waals surface area contributed by atoms with Gasteiger partial charge in [-0.2, -0.15) is 0 Å². The summed E-state index contributed by atoms with van der Waals surface area (Å²) < 4.78 is 2.16. The zero-order valence-corrected chi connectivity index (χ0v) is 14.6. The number of aromatic nitrogens is 3. The minimum atomic E-state index is 0.146. The van der Waals surface area contributed by atoms with Gasteiger partial charge >= 0.3 is 0 Å². The van der Waals surface area contributed by atoms with Gasteiger partial charge in [0.05, 0.1) is 6.54 Å². The fourth-order valence-corrected chi connectivity index (χ4v) is 3.73. The van der Waals surface area contributed by atoms with E-state index in [0.717, 1.165) is 37.6 Å². The Morgan fingerprint density at radius 3 is 2.79 bits per heavy atom. The number of hydrogen-bond acceptors (Lipinski definition) is 3. The van der Waals surface area contributed by atoms with Gasteiger partial charge in [0.1, 0.15) is 5.82 Å². The third-order valence-corrected chi connectivity index (χ3v) is 5.52. The lowest BCUT2D eigenvalue weighted by atomic mass is 10.0. The van der Waals surface area contributed by atoms with Crippen molar-refractivity contribution < 1.29 is 4.79 Å². The van der Waals surface area contributed by atoms with Crippen molar-refractivity contribution in [3.63, 3.8) is 0 Å². The number of rotatable bonds is 3. The van der Waals surface area contributed by atoms with E-state index in [4.69, 9.17) is 0 Å². The number of nitrogens with zero attached hydrogens (tertiary/aromatic N) is 4. The summed E-state index contributed by atoms with van der Waals surface area (Å²) in [5.41, 5.74) is 3.93. The van der Waals surface area contributed by atoms with E-state index in [2.05, 4.69) is 53.7 Å². The molecule has 0 N–H and O–H groups in total. The zero-order valence-electron chi connectivity index (χ0n) is 14.6. The van der Waals surface area contributed by atoms with Crippen LogP contribution in [0, 0.1) is 19.8 Å². The lowest BCUT2D eigenvalue weighted by Crippen LogP contribution is -2.39. The number of aryl methyl sites for hydroxylation is 3. The first-order valence-corrected chi connectivity index (χ1v) is 8.85. The molecule has 1 aliphatic carbocycles. The Bertz CT molecular complexity index is 795. The molecule has 5 heteroatoms. The van der Waals surface area contributed by atoms with Crippen LogP contribution in [0.1, 0.15) is 47.6 Å². The predicted molar refractivity (Wildman–Crippen MR) is 91.6 cm³/mol. The molecule has 1 fully saturated rings. The Hall–Kier alpha value is -2.17. The smallest absolute Gasteiger partial charge is 0.226 e. The van der Waals surface area contributed by atoms with Gasteiger partial charge in [0.15, 0.2) is 5.82 Å². The highest BCUT2D eigenvalue weighted by Gasteiger charge is 2.46. The van der Waals surface area contributed by atoms with Crippen molar-refractivity contribution in [3.05, 3.63) is 46.5 Å². The van der Waals surface area contributed by atoms with E-state index in [-0.39, 0.29) is 11.8 Å². The summed E-state index contributed by atoms with van der Waals surface area (Å²) >= 11 is 0. The van der Waals surface area contributed by atoms with Crippen molar-refractivity contribution in [2.45, 2.75) is 52.6 Å². The van der Waals surface area contributed by atoms with Gasteiger partial charge in [-0.1, -0.05) is 25.1 Å². The normalized spacial score (nSPS) is 22.4. The molecular formula is C19H24N4O. The third kappa shape index (κ3) is 2.52. The van der Waals surface area contributed by atoms with Gasteiger partial charge in [0.2, 0.25) is 5.91 Å². The van der Waals surface area contributed by atoms with Crippen LogP contribution in [0.25, 0.3) is 0 Å². The van der Waals surface area contributed by atoms with E-state index >= 15 is 0 Å². The summed E-state index contributed by atoms with van der Waals surface area (Å²) in [6.07, 6.45) is 1.86. The molecule has 5 nitrogen and oxygen atoms in total.